The Balaban J connectivity index is 1.46. The molecule has 0 fully saturated rings. The van der Waals surface area contributed by atoms with Crippen molar-refractivity contribution >= 4 is 11.4 Å². The molecular weight excluding hydrogens is 336 g/mol. The van der Waals surface area contributed by atoms with Crippen molar-refractivity contribution in [2.75, 3.05) is 30.4 Å². The Bertz CT molecular complexity index is 859. The molecule has 27 heavy (non-hydrogen) atoms. The average molecular weight is 362 g/mol. The SMILES string of the molecule is COc1ccc(NCC(O)CN2c3ccccc3C3(C)C=CC=CC23)cc1. The number of nitrogens with one attached hydrogen (secondary N) is 1. The molecule has 1 heterocycles. The lowest BCUT2D eigenvalue weighted by Crippen LogP contribution is -2.46. The maximum atomic E-state index is 10.7. The van der Waals surface area contributed by atoms with E-state index in [-0.39, 0.29) is 11.5 Å². The van der Waals surface area contributed by atoms with Crippen molar-refractivity contribution in [2.24, 2.45) is 0 Å². The molecule has 0 amide bonds. The lowest BCUT2D eigenvalue weighted by molar-refractivity contribution is 0.190. The first kappa shape index (κ1) is 17.7. The Kier molecular flexibility index (Phi) is 4.66. The Hall–Kier alpha value is -2.72. The van der Waals surface area contributed by atoms with Crippen LogP contribution >= 0.6 is 0 Å². The molecule has 4 heteroatoms. The summed E-state index contributed by atoms with van der Waals surface area (Å²) in [5, 5.41) is 14.0. The Morgan fingerprint density at radius 3 is 2.70 bits per heavy atom. The number of benzene rings is 2. The maximum Gasteiger partial charge on any atom is 0.119 e. The van der Waals surface area contributed by atoms with Crippen molar-refractivity contribution in [2.45, 2.75) is 24.5 Å². The highest BCUT2D eigenvalue weighted by Gasteiger charge is 2.45. The zero-order chi connectivity index (χ0) is 18.9. The minimum Gasteiger partial charge on any atom is -0.497 e. The predicted octanol–water partition coefficient (Wildman–Crippen LogP) is 3.74. The molecule has 0 saturated carbocycles. The number of aliphatic hydroxyl groups is 1. The summed E-state index contributed by atoms with van der Waals surface area (Å²) in [5.74, 6) is 0.825. The summed E-state index contributed by atoms with van der Waals surface area (Å²) < 4.78 is 5.18. The molecule has 140 valence electrons. The predicted molar refractivity (Wildman–Crippen MR) is 111 cm³/mol. The lowest BCUT2D eigenvalue weighted by Gasteiger charge is -2.35. The van der Waals surface area contributed by atoms with Gasteiger partial charge < -0.3 is 20.1 Å². The summed E-state index contributed by atoms with van der Waals surface area (Å²) in [6.45, 7) is 3.35. The zero-order valence-corrected chi connectivity index (χ0v) is 15.8. The molecule has 4 rings (SSSR count). The molecule has 1 aliphatic carbocycles. The van der Waals surface area contributed by atoms with Crippen LogP contribution in [0.25, 0.3) is 0 Å². The highest BCUT2D eigenvalue weighted by atomic mass is 16.5. The normalized spacial score (nSPS) is 23.7. The molecule has 4 nitrogen and oxygen atoms in total. The molecule has 2 aromatic carbocycles. The smallest absolute Gasteiger partial charge is 0.119 e. The van der Waals surface area contributed by atoms with Gasteiger partial charge in [-0.05, 0) is 42.8 Å². The standard InChI is InChI=1S/C23H26N2O2/c1-23-14-6-5-9-22(23)25(21-8-4-3-7-20(21)23)16-18(26)15-24-17-10-12-19(27-2)13-11-17/h3-14,18,22,24,26H,15-16H2,1-2H3. The minimum atomic E-state index is -0.484. The van der Waals surface area contributed by atoms with Gasteiger partial charge in [0.1, 0.15) is 5.75 Å². The number of nitrogens with zero attached hydrogens (tertiary/aromatic N) is 1. The highest BCUT2D eigenvalue weighted by Crippen LogP contribution is 2.47. The second-order valence-corrected chi connectivity index (χ2v) is 7.40. The first-order chi connectivity index (χ1) is 13.1. The number of aliphatic hydroxyl groups excluding tert-OH is 1. The number of hydrogen-bond acceptors (Lipinski definition) is 4. The van der Waals surface area contributed by atoms with Gasteiger partial charge >= 0.3 is 0 Å². The van der Waals surface area contributed by atoms with Crippen LogP contribution in [-0.2, 0) is 5.41 Å². The number of para-hydroxylation sites is 1. The van der Waals surface area contributed by atoms with Gasteiger partial charge in [0.15, 0.2) is 0 Å². The van der Waals surface area contributed by atoms with E-state index in [0.29, 0.717) is 13.1 Å². The van der Waals surface area contributed by atoms with E-state index in [4.69, 9.17) is 4.74 Å². The molecule has 0 saturated heterocycles. The van der Waals surface area contributed by atoms with E-state index in [1.807, 2.05) is 24.3 Å². The van der Waals surface area contributed by atoms with E-state index in [9.17, 15) is 5.11 Å². The molecule has 2 aliphatic rings. The second-order valence-electron chi connectivity index (χ2n) is 7.40. The van der Waals surface area contributed by atoms with Crippen LogP contribution in [0.3, 0.4) is 0 Å². The van der Waals surface area contributed by atoms with Crippen molar-refractivity contribution in [1.29, 1.82) is 0 Å². The molecule has 0 bridgehead atoms. The van der Waals surface area contributed by atoms with Crippen LogP contribution in [0.5, 0.6) is 5.75 Å². The molecule has 0 spiro atoms. The largest absolute Gasteiger partial charge is 0.497 e. The summed E-state index contributed by atoms with van der Waals surface area (Å²) >= 11 is 0. The van der Waals surface area contributed by atoms with Gasteiger partial charge in [-0.2, -0.15) is 0 Å². The summed E-state index contributed by atoms with van der Waals surface area (Å²) in [6, 6.07) is 16.5. The van der Waals surface area contributed by atoms with Crippen LogP contribution in [0.2, 0.25) is 0 Å². The van der Waals surface area contributed by atoms with Crippen molar-refractivity contribution < 1.29 is 9.84 Å². The van der Waals surface area contributed by atoms with E-state index in [0.717, 1.165) is 11.4 Å². The van der Waals surface area contributed by atoms with E-state index in [2.05, 4.69) is 65.7 Å². The third kappa shape index (κ3) is 3.21. The fourth-order valence-corrected chi connectivity index (χ4v) is 4.18. The molecule has 0 radical (unpaired) electrons. The van der Waals surface area contributed by atoms with E-state index in [1.54, 1.807) is 7.11 Å². The lowest BCUT2D eigenvalue weighted by atomic mass is 9.76. The minimum absolute atomic E-state index is 0.0471. The van der Waals surface area contributed by atoms with Crippen LogP contribution in [0.1, 0.15) is 12.5 Å². The van der Waals surface area contributed by atoms with Gasteiger partial charge in [0, 0.05) is 29.9 Å². The van der Waals surface area contributed by atoms with Crippen LogP contribution < -0.4 is 15.0 Å². The quantitative estimate of drug-likeness (QED) is 0.822. The average Bonchev–Trinajstić information content (AvgIpc) is 2.95. The van der Waals surface area contributed by atoms with E-state index >= 15 is 0 Å². The van der Waals surface area contributed by atoms with Crippen molar-refractivity contribution in [3.8, 4) is 5.75 Å². The summed E-state index contributed by atoms with van der Waals surface area (Å²) in [6.07, 6.45) is 8.26. The first-order valence-electron chi connectivity index (χ1n) is 9.40. The third-order valence-electron chi connectivity index (χ3n) is 5.63. The highest BCUT2D eigenvalue weighted by molar-refractivity contribution is 5.68. The zero-order valence-electron chi connectivity index (χ0n) is 15.8. The van der Waals surface area contributed by atoms with Crippen LogP contribution in [0, 0.1) is 0 Å². The number of allylic oxidation sites excluding steroid dienone is 2. The van der Waals surface area contributed by atoms with Gasteiger partial charge in [0.25, 0.3) is 0 Å². The third-order valence-corrected chi connectivity index (χ3v) is 5.63. The fraction of sp³-hybridized carbons (Fsp3) is 0.304. The van der Waals surface area contributed by atoms with E-state index < -0.39 is 6.10 Å². The van der Waals surface area contributed by atoms with Crippen molar-refractivity contribution in [3.63, 3.8) is 0 Å². The molecule has 3 atom stereocenters. The number of methoxy groups -OCH3 is 1. The van der Waals surface area contributed by atoms with Gasteiger partial charge in [-0.3, -0.25) is 0 Å². The molecule has 1 aliphatic heterocycles. The summed E-state index contributed by atoms with van der Waals surface area (Å²) in [7, 11) is 1.66. The summed E-state index contributed by atoms with van der Waals surface area (Å²) in [5.41, 5.74) is 3.46. The first-order valence-corrected chi connectivity index (χ1v) is 9.40. The van der Waals surface area contributed by atoms with Crippen molar-refractivity contribution in [1.82, 2.24) is 0 Å². The Labute approximate surface area is 160 Å². The number of ether oxygens (including phenoxy) is 1. The fourth-order valence-electron chi connectivity index (χ4n) is 4.18. The second kappa shape index (κ2) is 7.12. The number of rotatable bonds is 6. The van der Waals surface area contributed by atoms with Crippen LogP contribution in [-0.4, -0.2) is 37.5 Å². The number of hydrogen-bond donors (Lipinski definition) is 2. The van der Waals surface area contributed by atoms with Crippen LogP contribution in [0.15, 0.2) is 72.8 Å². The molecule has 2 N–H and O–H groups in total. The Morgan fingerprint density at radius 1 is 1.15 bits per heavy atom. The van der Waals surface area contributed by atoms with Gasteiger partial charge in [-0.15, -0.1) is 0 Å². The Morgan fingerprint density at radius 2 is 1.93 bits per heavy atom. The van der Waals surface area contributed by atoms with Gasteiger partial charge in [-0.25, -0.2) is 0 Å². The number of fused-ring (bicyclic) bond motifs is 3. The van der Waals surface area contributed by atoms with Gasteiger partial charge in [-0.1, -0.05) is 42.5 Å². The van der Waals surface area contributed by atoms with Gasteiger partial charge in [0.2, 0.25) is 0 Å². The van der Waals surface area contributed by atoms with Crippen LogP contribution in [0.4, 0.5) is 11.4 Å². The summed E-state index contributed by atoms with van der Waals surface area (Å²) in [4.78, 5) is 2.33. The molecular formula is C23H26N2O2. The molecule has 2 aromatic rings. The topological polar surface area (TPSA) is 44.7 Å². The number of β-amino-alcohol motifs (C(OH)–C–C–N with tert-alkyl or cyclic N) is 1. The van der Waals surface area contributed by atoms with Gasteiger partial charge in [0.05, 0.1) is 19.3 Å². The molecule has 3 unspecified atom stereocenters. The van der Waals surface area contributed by atoms with E-state index in [1.165, 1.54) is 11.3 Å². The molecule has 0 aromatic heterocycles. The monoisotopic (exact) mass is 362 g/mol. The van der Waals surface area contributed by atoms with Crippen molar-refractivity contribution in [3.05, 3.63) is 78.4 Å². The number of anilines is 2. The maximum absolute atomic E-state index is 10.7.